The normalized spacial score (nSPS) is 14.7. The van der Waals surface area contributed by atoms with Crippen LogP contribution in [0, 0.1) is 11.3 Å². The lowest BCUT2D eigenvalue weighted by atomic mass is 10.2. The molecule has 0 radical (unpaired) electrons. The second kappa shape index (κ2) is 7.46. The average Bonchev–Trinajstić information content (AvgIpc) is 2.25. The van der Waals surface area contributed by atoms with Crippen LogP contribution in [-0.4, -0.2) is 23.4 Å². The SMILES string of the molecule is CC/C=C/C(C#N)=C(\OC(C)CC(F)(F)F)C(=O)O. The number of halogens is 3. The van der Waals surface area contributed by atoms with E-state index in [1.54, 1.807) is 13.0 Å². The van der Waals surface area contributed by atoms with E-state index in [2.05, 4.69) is 0 Å². The van der Waals surface area contributed by atoms with Crippen molar-refractivity contribution in [3.05, 3.63) is 23.5 Å². The molecule has 1 N–H and O–H groups in total. The highest BCUT2D eigenvalue weighted by molar-refractivity contribution is 5.86. The molecular formula is C12H14F3NO3. The first-order valence-electron chi connectivity index (χ1n) is 5.48. The van der Waals surface area contributed by atoms with Gasteiger partial charge in [-0.05, 0) is 19.4 Å². The fourth-order valence-electron chi connectivity index (χ4n) is 1.20. The maximum atomic E-state index is 12.1. The number of carboxylic acids is 1. The summed E-state index contributed by atoms with van der Waals surface area (Å²) in [5, 5.41) is 17.7. The van der Waals surface area contributed by atoms with Gasteiger partial charge < -0.3 is 9.84 Å². The molecule has 0 spiro atoms. The smallest absolute Gasteiger partial charge is 0.392 e. The first kappa shape index (κ1) is 17.0. The van der Waals surface area contributed by atoms with E-state index < -0.39 is 30.4 Å². The standard InChI is InChI=1S/C12H14F3NO3/c1-3-4-5-9(7-16)10(11(17)18)19-8(2)6-12(13,14)15/h4-5,8H,3,6H2,1-2H3,(H,17,18)/b5-4+,10-9+. The van der Waals surface area contributed by atoms with Gasteiger partial charge in [0.1, 0.15) is 17.7 Å². The maximum absolute atomic E-state index is 12.1. The molecule has 0 aliphatic carbocycles. The summed E-state index contributed by atoms with van der Waals surface area (Å²) < 4.78 is 41.1. The van der Waals surface area contributed by atoms with Crippen molar-refractivity contribution in [1.82, 2.24) is 0 Å². The summed E-state index contributed by atoms with van der Waals surface area (Å²) in [6, 6.07) is 1.59. The zero-order valence-corrected chi connectivity index (χ0v) is 10.5. The highest BCUT2D eigenvalue weighted by Crippen LogP contribution is 2.24. The Morgan fingerprint density at radius 3 is 2.47 bits per heavy atom. The van der Waals surface area contributed by atoms with E-state index in [1.807, 2.05) is 0 Å². The molecule has 0 amide bonds. The van der Waals surface area contributed by atoms with Crippen LogP contribution in [0.5, 0.6) is 0 Å². The van der Waals surface area contributed by atoms with Crippen molar-refractivity contribution >= 4 is 5.97 Å². The van der Waals surface area contributed by atoms with E-state index in [0.29, 0.717) is 6.42 Å². The van der Waals surface area contributed by atoms with E-state index in [9.17, 15) is 18.0 Å². The van der Waals surface area contributed by atoms with Gasteiger partial charge in [-0.3, -0.25) is 0 Å². The Hall–Kier alpha value is -1.97. The van der Waals surface area contributed by atoms with Crippen LogP contribution in [0.2, 0.25) is 0 Å². The Bertz CT molecular complexity index is 419. The van der Waals surface area contributed by atoms with Crippen LogP contribution in [0.4, 0.5) is 13.2 Å². The number of hydrogen-bond acceptors (Lipinski definition) is 3. The minimum absolute atomic E-state index is 0.316. The first-order chi connectivity index (χ1) is 8.71. The number of carboxylic acid groups (broad SMARTS) is 1. The van der Waals surface area contributed by atoms with Crippen molar-refractivity contribution in [2.45, 2.75) is 39.0 Å². The minimum Gasteiger partial charge on any atom is -0.482 e. The zero-order chi connectivity index (χ0) is 15.1. The molecule has 0 heterocycles. The first-order valence-corrected chi connectivity index (χ1v) is 5.48. The number of aliphatic carboxylic acids is 1. The molecule has 0 rings (SSSR count). The van der Waals surface area contributed by atoms with Gasteiger partial charge in [-0.25, -0.2) is 4.79 Å². The fourth-order valence-corrected chi connectivity index (χ4v) is 1.20. The van der Waals surface area contributed by atoms with Crippen molar-refractivity contribution < 1.29 is 27.8 Å². The highest BCUT2D eigenvalue weighted by Gasteiger charge is 2.32. The predicted octanol–water partition coefficient (Wildman–Crippen LogP) is 3.17. The van der Waals surface area contributed by atoms with Crippen LogP contribution in [0.15, 0.2) is 23.5 Å². The second-order valence-electron chi connectivity index (χ2n) is 3.72. The third-order valence-electron chi connectivity index (χ3n) is 1.92. The summed E-state index contributed by atoms with van der Waals surface area (Å²) >= 11 is 0. The van der Waals surface area contributed by atoms with Crippen LogP contribution in [0.25, 0.3) is 0 Å². The molecule has 0 aromatic carbocycles. The fraction of sp³-hybridized carbons (Fsp3) is 0.500. The summed E-state index contributed by atoms with van der Waals surface area (Å²) in [5.41, 5.74) is -0.316. The Morgan fingerprint density at radius 1 is 1.53 bits per heavy atom. The number of ether oxygens (including phenoxy) is 1. The lowest BCUT2D eigenvalue weighted by molar-refractivity contribution is -0.158. The van der Waals surface area contributed by atoms with Gasteiger partial charge in [-0.2, -0.15) is 18.4 Å². The van der Waals surface area contributed by atoms with Gasteiger partial charge in [0.05, 0.1) is 6.42 Å². The summed E-state index contributed by atoms with van der Waals surface area (Å²) in [5.74, 6) is -2.35. The van der Waals surface area contributed by atoms with Crippen molar-refractivity contribution in [2.75, 3.05) is 0 Å². The number of carbonyl (C=O) groups is 1. The average molecular weight is 277 g/mol. The maximum Gasteiger partial charge on any atom is 0.392 e. The Balaban J connectivity index is 5.13. The van der Waals surface area contributed by atoms with Gasteiger partial charge >= 0.3 is 12.1 Å². The Kier molecular flexibility index (Phi) is 6.69. The molecule has 0 aromatic rings. The van der Waals surface area contributed by atoms with Gasteiger partial charge in [-0.1, -0.05) is 13.0 Å². The Labute approximate surface area is 108 Å². The van der Waals surface area contributed by atoms with Crippen molar-refractivity contribution in [1.29, 1.82) is 5.26 Å². The monoisotopic (exact) mass is 277 g/mol. The van der Waals surface area contributed by atoms with Crippen LogP contribution >= 0.6 is 0 Å². The van der Waals surface area contributed by atoms with Gasteiger partial charge in [0, 0.05) is 0 Å². The summed E-state index contributed by atoms with van der Waals surface area (Å²) in [6.07, 6.45) is -3.86. The molecule has 1 unspecified atom stereocenters. The number of nitrogens with zero attached hydrogens (tertiary/aromatic N) is 1. The summed E-state index contributed by atoms with van der Waals surface area (Å²) in [6.45, 7) is 2.86. The minimum atomic E-state index is -4.46. The van der Waals surface area contributed by atoms with Crippen LogP contribution in [-0.2, 0) is 9.53 Å². The van der Waals surface area contributed by atoms with Crippen LogP contribution in [0.1, 0.15) is 26.7 Å². The molecule has 0 aromatic heterocycles. The van der Waals surface area contributed by atoms with Crippen molar-refractivity contribution in [2.24, 2.45) is 0 Å². The molecule has 0 aliphatic rings. The quantitative estimate of drug-likeness (QED) is 0.350. The molecule has 19 heavy (non-hydrogen) atoms. The van der Waals surface area contributed by atoms with Crippen LogP contribution in [0.3, 0.4) is 0 Å². The van der Waals surface area contributed by atoms with E-state index in [4.69, 9.17) is 15.1 Å². The largest absolute Gasteiger partial charge is 0.482 e. The number of nitriles is 1. The molecule has 0 bridgehead atoms. The number of hydrogen-bond donors (Lipinski definition) is 1. The summed E-state index contributed by atoms with van der Waals surface area (Å²) in [4.78, 5) is 10.9. The number of allylic oxidation sites excluding steroid dienone is 3. The Morgan fingerprint density at radius 2 is 2.11 bits per heavy atom. The van der Waals surface area contributed by atoms with Gasteiger partial charge in [0.2, 0.25) is 5.76 Å². The number of rotatable bonds is 6. The molecule has 0 saturated carbocycles. The molecule has 0 aliphatic heterocycles. The third kappa shape index (κ3) is 7.13. The van der Waals surface area contributed by atoms with E-state index >= 15 is 0 Å². The molecule has 1 atom stereocenters. The summed E-state index contributed by atoms with van der Waals surface area (Å²) in [7, 11) is 0. The van der Waals surface area contributed by atoms with Gasteiger partial charge in [-0.15, -0.1) is 0 Å². The van der Waals surface area contributed by atoms with E-state index in [1.165, 1.54) is 12.2 Å². The highest BCUT2D eigenvalue weighted by atomic mass is 19.4. The topological polar surface area (TPSA) is 70.3 Å². The van der Waals surface area contributed by atoms with Gasteiger partial charge in [0.25, 0.3) is 0 Å². The molecule has 0 saturated heterocycles. The molecule has 106 valence electrons. The predicted molar refractivity (Wildman–Crippen MR) is 60.9 cm³/mol. The zero-order valence-electron chi connectivity index (χ0n) is 10.5. The van der Waals surface area contributed by atoms with E-state index in [-0.39, 0.29) is 5.57 Å². The third-order valence-corrected chi connectivity index (χ3v) is 1.92. The molecule has 4 nitrogen and oxygen atoms in total. The van der Waals surface area contributed by atoms with Gasteiger partial charge in [0.15, 0.2) is 0 Å². The molecule has 0 fully saturated rings. The van der Waals surface area contributed by atoms with E-state index in [0.717, 1.165) is 6.92 Å². The van der Waals surface area contributed by atoms with Crippen molar-refractivity contribution in [3.8, 4) is 6.07 Å². The second-order valence-corrected chi connectivity index (χ2v) is 3.72. The van der Waals surface area contributed by atoms with Crippen LogP contribution < -0.4 is 0 Å². The van der Waals surface area contributed by atoms with Crippen molar-refractivity contribution in [3.63, 3.8) is 0 Å². The molecular weight excluding hydrogens is 263 g/mol. The lowest BCUT2D eigenvalue weighted by Gasteiger charge is -2.17. The number of alkyl halides is 3. The molecule has 7 heteroatoms. The lowest BCUT2D eigenvalue weighted by Crippen LogP contribution is -2.22.